The van der Waals surface area contributed by atoms with Crippen LogP contribution in [-0.4, -0.2) is 91.0 Å². The number of H-pyrrole nitrogens is 1. The largest absolute Gasteiger partial charge is 0.443 e. The first-order chi connectivity index (χ1) is 22.7. The van der Waals surface area contributed by atoms with Crippen molar-refractivity contribution in [3.05, 3.63) is 54.1 Å². The Bertz CT molecular complexity index is 1590. The van der Waals surface area contributed by atoms with E-state index in [-0.39, 0.29) is 49.1 Å². The summed E-state index contributed by atoms with van der Waals surface area (Å²) in [6.07, 6.45) is 3.94. The van der Waals surface area contributed by atoms with E-state index in [1.165, 1.54) is 10.7 Å². The molecule has 1 saturated carbocycles. The zero-order chi connectivity index (χ0) is 33.0. The van der Waals surface area contributed by atoms with Crippen molar-refractivity contribution < 1.29 is 32.5 Å². The number of aliphatic hydroxyl groups excluding tert-OH is 1. The highest BCUT2D eigenvalue weighted by Gasteiger charge is 2.44. The van der Waals surface area contributed by atoms with Crippen molar-refractivity contribution in [3.63, 3.8) is 0 Å². The van der Waals surface area contributed by atoms with Crippen LogP contribution < -0.4 is 10.6 Å². The summed E-state index contributed by atoms with van der Waals surface area (Å²) in [5, 5.41) is 26.2. The number of nitrogens with one attached hydrogen (secondary N) is 3. The molecular weight excluding hydrogens is 622 g/mol. The number of aromatic amines is 1. The second kappa shape index (κ2) is 14.9. The van der Waals surface area contributed by atoms with E-state index in [9.17, 15) is 18.3 Å². The van der Waals surface area contributed by atoms with Crippen molar-refractivity contribution in [2.24, 2.45) is 11.8 Å². The number of sulfonamides is 1. The van der Waals surface area contributed by atoms with Gasteiger partial charge in [0.05, 0.1) is 41.7 Å². The first-order valence-electron chi connectivity index (χ1n) is 16.8. The fourth-order valence-electron chi connectivity index (χ4n) is 6.89. The average Bonchev–Trinajstić information content (AvgIpc) is 3.79. The van der Waals surface area contributed by atoms with Gasteiger partial charge in [0.1, 0.15) is 6.10 Å². The Labute approximate surface area is 276 Å². The summed E-state index contributed by atoms with van der Waals surface area (Å²) in [5.74, 6) is 0.594. The summed E-state index contributed by atoms with van der Waals surface area (Å²) in [6.45, 7) is 4.62. The van der Waals surface area contributed by atoms with Crippen LogP contribution >= 0.6 is 0 Å². The maximum Gasteiger partial charge on any atom is 0.407 e. The van der Waals surface area contributed by atoms with Gasteiger partial charge in [0, 0.05) is 24.5 Å². The monoisotopic (exact) mass is 669 g/mol. The number of aliphatic hydroxyl groups is 1. The van der Waals surface area contributed by atoms with Gasteiger partial charge in [-0.1, -0.05) is 63.4 Å². The number of rotatable bonds is 13. The molecule has 0 bridgehead atoms. The van der Waals surface area contributed by atoms with E-state index in [0.29, 0.717) is 23.9 Å². The van der Waals surface area contributed by atoms with Gasteiger partial charge >= 0.3 is 6.09 Å². The van der Waals surface area contributed by atoms with E-state index in [2.05, 4.69) is 20.8 Å². The fraction of sp³-hybridized carbons (Fsp3) is 0.588. The van der Waals surface area contributed by atoms with Gasteiger partial charge in [0.25, 0.3) is 0 Å². The number of alkyl carbamates (subject to hydrolysis) is 1. The highest BCUT2D eigenvalue weighted by Crippen LogP contribution is 2.33. The van der Waals surface area contributed by atoms with Crippen molar-refractivity contribution in [1.29, 1.82) is 0 Å². The number of carbonyl (C=O) groups excluding carboxylic acids is 1. The standard InChI is InChI=1S/C34H47N5O7S/c1-22(2)19-39(47(42,43)25-13-14-28-27(18-25)32(38-37-28)35-24-11-7-4-8-12-24)20-30(40)29(17-23-9-5-3-6-10-23)36-34(41)46-31-21-45-33-26(31)15-16-44-33/h3,5-6,9-10,13-14,18,22,24,26,29-31,33,40H,4,7-8,11-12,15-17,19-21H2,1-2H3,(H,36,41)(H2,35,37,38)/t26-,29-,30+,31-,33+/m0/s1. The second-order valence-electron chi connectivity index (χ2n) is 13.5. The minimum Gasteiger partial charge on any atom is -0.443 e. The number of aromatic nitrogens is 2. The molecule has 3 fully saturated rings. The van der Waals surface area contributed by atoms with Gasteiger partial charge in [-0.3, -0.25) is 5.10 Å². The summed E-state index contributed by atoms with van der Waals surface area (Å²) < 4.78 is 46.7. The molecule has 12 nitrogen and oxygen atoms in total. The quantitative estimate of drug-likeness (QED) is 0.207. The number of hydrogen-bond donors (Lipinski definition) is 4. The lowest BCUT2D eigenvalue weighted by atomic mass is 9.95. The molecule has 256 valence electrons. The van der Waals surface area contributed by atoms with Crippen molar-refractivity contribution >= 4 is 32.8 Å². The number of carbonyl (C=O) groups is 1. The van der Waals surface area contributed by atoms with Crippen LogP contribution in [0.3, 0.4) is 0 Å². The molecule has 2 saturated heterocycles. The third-order valence-electron chi connectivity index (χ3n) is 9.39. The van der Waals surface area contributed by atoms with Crippen LogP contribution in [0, 0.1) is 11.8 Å². The summed E-state index contributed by atoms with van der Waals surface area (Å²) in [7, 11) is -4.04. The maximum atomic E-state index is 14.2. The number of amides is 1. The first kappa shape index (κ1) is 33.7. The fourth-order valence-corrected chi connectivity index (χ4v) is 8.54. The normalized spacial score (nSPS) is 23.2. The van der Waals surface area contributed by atoms with Crippen LogP contribution in [0.4, 0.5) is 10.6 Å². The zero-order valence-electron chi connectivity index (χ0n) is 27.1. The average molecular weight is 670 g/mol. The third kappa shape index (κ3) is 8.09. The van der Waals surface area contributed by atoms with Gasteiger partial charge in [-0.25, -0.2) is 13.2 Å². The van der Waals surface area contributed by atoms with E-state index in [0.717, 1.165) is 43.2 Å². The number of benzene rings is 2. The minimum absolute atomic E-state index is 0.0207. The van der Waals surface area contributed by atoms with Crippen molar-refractivity contribution in [2.45, 2.75) is 94.3 Å². The number of anilines is 1. The molecule has 1 aliphatic carbocycles. The van der Waals surface area contributed by atoms with Crippen LogP contribution in [0.15, 0.2) is 53.4 Å². The molecule has 5 atom stereocenters. The summed E-state index contributed by atoms with van der Waals surface area (Å²) in [4.78, 5) is 13.3. The molecule has 1 aromatic heterocycles. The Hall–Kier alpha value is -3.23. The lowest BCUT2D eigenvalue weighted by Crippen LogP contribution is -2.51. The summed E-state index contributed by atoms with van der Waals surface area (Å²) >= 11 is 0. The Kier molecular flexibility index (Phi) is 10.7. The summed E-state index contributed by atoms with van der Waals surface area (Å²) in [6, 6.07) is 13.9. The number of fused-ring (bicyclic) bond motifs is 2. The number of nitrogens with zero attached hydrogens (tertiary/aromatic N) is 2. The SMILES string of the molecule is CC(C)CN(C[C@@H](O)[C@H](Cc1ccccc1)NC(=O)O[C@H]1CO[C@H]2OCC[C@H]21)S(=O)(=O)c1ccc2[nH]nc(NC3CCCCC3)c2c1. The molecule has 0 radical (unpaired) electrons. The van der Waals surface area contributed by atoms with E-state index in [1.807, 2.05) is 44.2 Å². The Balaban J connectivity index is 1.21. The third-order valence-corrected chi connectivity index (χ3v) is 11.2. The van der Waals surface area contributed by atoms with Crippen LogP contribution in [0.25, 0.3) is 10.9 Å². The van der Waals surface area contributed by atoms with Gasteiger partial charge in [0.2, 0.25) is 10.0 Å². The lowest BCUT2D eigenvalue weighted by Gasteiger charge is -2.31. The second-order valence-corrected chi connectivity index (χ2v) is 15.4. The predicted octanol–water partition coefficient (Wildman–Crippen LogP) is 4.41. The van der Waals surface area contributed by atoms with Crippen LogP contribution in [0.1, 0.15) is 57.9 Å². The van der Waals surface area contributed by atoms with Gasteiger partial charge in [-0.05, 0) is 55.4 Å². The van der Waals surface area contributed by atoms with Crippen molar-refractivity contribution in [3.8, 4) is 0 Å². The molecule has 1 amide bonds. The van der Waals surface area contributed by atoms with E-state index in [1.54, 1.807) is 18.2 Å². The Morgan fingerprint density at radius 2 is 1.87 bits per heavy atom. The predicted molar refractivity (Wildman–Crippen MR) is 177 cm³/mol. The molecule has 3 aromatic rings. The van der Waals surface area contributed by atoms with E-state index in [4.69, 9.17) is 14.2 Å². The lowest BCUT2D eigenvalue weighted by molar-refractivity contribution is -0.0907. The molecule has 3 aliphatic rings. The molecule has 4 N–H and O–H groups in total. The van der Waals surface area contributed by atoms with E-state index < -0.39 is 34.4 Å². The van der Waals surface area contributed by atoms with Crippen LogP contribution in [0.2, 0.25) is 0 Å². The maximum absolute atomic E-state index is 14.2. The highest BCUT2D eigenvalue weighted by molar-refractivity contribution is 7.89. The van der Waals surface area contributed by atoms with Crippen molar-refractivity contribution in [2.75, 3.05) is 31.6 Å². The van der Waals surface area contributed by atoms with Crippen LogP contribution in [-0.2, 0) is 30.7 Å². The Morgan fingerprint density at radius 3 is 2.64 bits per heavy atom. The molecular formula is C34H47N5O7S. The van der Waals surface area contributed by atoms with Gasteiger partial charge in [-0.15, -0.1) is 0 Å². The van der Waals surface area contributed by atoms with Gasteiger partial charge < -0.3 is 30.0 Å². The molecule has 6 rings (SSSR count). The molecule has 0 unspecified atom stereocenters. The smallest absolute Gasteiger partial charge is 0.407 e. The number of hydrogen-bond acceptors (Lipinski definition) is 9. The Morgan fingerprint density at radius 1 is 1.09 bits per heavy atom. The highest BCUT2D eigenvalue weighted by atomic mass is 32.2. The van der Waals surface area contributed by atoms with Crippen LogP contribution in [0.5, 0.6) is 0 Å². The topological polar surface area (TPSA) is 155 Å². The van der Waals surface area contributed by atoms with Gasteiger partial charge in [0.15, 0.2) is 12.1 Å². The molecule has 2 aliphatic heterocycles. The minimum atomic E-state index is -4.04. The molecule has 47 heavy (non-hydrogen) atoms. The molecule has 0 spiro atoms. The van der Waals surface area contributed by atoms with Crippen molar-refractivity contribution in [1.82, 2.24) is 19.8 Å². The van der Waals surface area contributed by atoms with E-state index >= 15 is 0 Å². The molecule has 13 heteroatoms. The zero-order valence-corrected chi connectivity index (χ0v) is 28.0. The number of ether oxygens (including phenoxy) is 3. The van der Waals surface area contributed by atoms with Gasteiger partial charge in [-0.2, -0.15) is 9.40 Å². The summed E-state index contributed by atoms with van der Waals surface area (Å²) in [5.41, 5.74) is 1.62. The first-order valence-corrected chi connectivity index (χ1v) is 18.3. The molecule has 3 heterocycles. The molecule has 2 aromatic carbocycles.